The molecule has 0 spiro atoms. The van der Waals surface area contributed by atoms with Gasteiger partial charge in [-0.05, 0) is 18.8 Å². The number of aliphatic hydroxyl groups excluding tert-OH is 3. The van der Waals surface area contributed by atoms with Gasteiger partial charge in [-0.2, -0.15) is 4.98 Å². The fourth-order valence-corrected chi connectivity index (χ4v) is 3.75. The molecule has 0 radical (unpaired) electrons. The molecule has 27 heavy (non-hydrogen) atoms. The highest BCUT2D eigenvalue weighted by molar-refractivity contribution is 5.75. The summed E-state index contributed by atoms with van der Waals surface area (Å²) in [6.45, 7) is 3.19. The molecule has 2 aliphatic rings. The van der Waals surface area contributed by atoms with Crippen molar-refractivity contribution in [2.45, 2.75) is 44.3 Å². The van der Waals surface area contributed by atoms with E-state index in [4.69, 9.17) is 10.5 Å². The van der Waals surface area contributed by atoms with E-state index in [9.17, 15) is 20.1 Å². The molecule has 0 bridgehead atoms. The zero-order valence-electron chi connectivity index (χ0n) is 14.9. The number of aromatic amines is 1. The highest BCUT2D eigenvalue weighted by Gasteiger charge is 2.45. The second-order valence-corrected chi connectivity index (χ2v) is 7.30. The fraction of sp³-hybridized carbons (Fsp3) is 0.688. The van der Waals surface area contributed by atoms with Gasteiger partial charge in [0.1, 0.15) is 18.3 Å². The van der Waals surface area contributed by atoms with E-state index >= 15 is 0 Å². The molecule has 0 amide bonds. The summed E-state index contributed by atoms with van der Waals surface area (Å²) >= 11 is 0. The number of nitrogens with zero attached hydrogens (tertiary/aromatic N) is 4. The molecule has 148 valence electrons. The number of rotatable bonds is 3. The van der Waals surface area contributed by atoms with Crippen molar-refractivity contribution in [2.24, 2.45) is 5.92 Å². The lowest BCUT2D eigenvalue weighted by Crippen LogP contribution is -2.37. The van der Waals surface area contributed by atoms with E-state index in [0.717, 1.165) is 25.9 Å². The summed E-state index contributed by atoms with van der Waals surface area (Å²) in [5, 5.41) is 30.0. The number of H-pyrrole nitrogens is 1. The maximum atomic E-state index is 12.3. The van der Waals surface area contributed by atoms with E-state index in [2.05, 4.69) is 21.9 Å². The van der Waals surface area contributed by atoms with Crippen LogP contribution in [0.15, 0.2) is 4.79 Å². The van der Waals surface area contributed by atoms with Gasteiger partial charge in [-0.25, -0.2) is 4.98 Å². The first-order valence-corrected chi connectivity index (χ1v) is 9.05. The number of nitrogen functional groups attached to an aromatic ring is 1. The van der Waals surface area contributed by atoms with Gasteiger partial charge in [0.05, 0.1) is 6.61 Å². The standard InChI is InChI=1S/C16H24N6O5/c1-7-2-4-21(5-3-7)16-18-9-12(19-15(17)20-13(9)26)22(16)14-11(25)10(24)8(6-23)27-14/h7-8,10-11,14,23-25H,2-6H2,1H3,(H3,17,19,20,26)/t8-,10+,11+,14+/m0/s1. The van der Waals surface area contributed by atoms with Crippen LogP contribution in [0.2, 0.25) is 0 Å². The van der Waals surface area contributed by atoms with Crippen molar-refractivity contribution < 1.29 is 20.1 Å². The minimum Gasteiger partial charge on any atom is -0.394 e. The average molecular weight is 380 g/mol. The minimum atomic E-state index is -1.32. The largest absolute Gasteiger partial charge is 0.394 e. The highest BCUT2D eigenvalue weighted by Crippen LogP contribution is 2.36. The zero-order valence-corrected chi connectivity index (χ0v) is 14.9. The topological polar surface area (TPSA) is 163 Å². The molecule has 0 aromatic carbocycles. The average Bonchev–Trinajstić information content (AvgIpc) is 3.14. The Bertz CT molecular complexity index is 889. The summed E-state index contributed by atoms with van der Waals surface area (Å²) in [6.07, 6.45) is -2.66. The number of hydrogen-bond acceptors (Lipinski definition) is 9. The van der Waals surface area contributed by atoms with Crippen molar-refractivity contribution in [1.82, 2.24) is 19.5 Å². The van der Waals surface area contributed by atoms with Gasteiger partial charge >= 0.3 is 0 Å². The van der Waals surface area contributed by atoms with E-state index in [1.54, 1.807) is 0 Å². The Morgan fingerprint density at radius 2 is 1.96 bits per heavy atom. The lowest BCUT2D eigenvalue weighted by atomic mass is 10.00. The van der Waals surface area contributed by atoms with Crippen molar-refractivity contribution in [3.05, 3.63) is 10.4 Å². The molecule has 0 unspecified atom stereocenters. The van der Waals surface area contributed by atoms with Gasteiger partial charge in [-0.1, -0.05) is 6.92 Å². The Hall–Kier alpha value is -2.21. The fourth-order valence-electron chi connectivity index (χ4n) is 3.75. The molecular weight excluding hydrogens is 356 g/mol. The molecule has 4 rings (SSSR count). The van der Waals surface area contributed by atoms with Crippen LogP contribution >= 0.6 is 0 Å². The van der Waals surface area contributed by atoms with E-state index in [1.807, 2.05) is 4.90 Å². The number of imidazole rings is 1. The number of aliphatic hydroxyl groups is 3. The van der Waals surface area contributed by atoms with Gasteiger partial charge in [0, 0.05) is 13.1 Å². The number of aromatic nitrogens is 4. The predicted octanol–water partition coefficient (Wildman–Crippen LogP) is -1.45. The lowest BCUT2D eigenvalue weighted by molar-refractivity contribution is -0.0505. The number of fused-ring (bicyclic) bond motifs is 1. The quantitative estimate of drug-likeness (QED) is 0.428. The minimum absolute atomic E-state index is 0.0792. The predicted molar refractivity (Wildman–Crippen MR) is 96.2 cm³/mol. The third-order valence-corrected chi connectivity index (χ3v) is 5.39. The highest BCUT2D eigenvalue weighted by atomic mass is 16.6. The molecular formula is C16H24N6O5. The van der Waals surface area contributed by atoms with Crippen molar-refractivity contribution in [1.29, 1.82) is 0 Å². The van der Waals surface area contributed by atoms with Crippen LogP contribution in [0.25, 0.3) is 11.2 Å². The number of hydrogen-bond donors (Lipinski definition) is 5. The summed E-state index contributed by atoms with van der Waals surface area (Å²) in [6, 6.07) is 0. The maximum Gasteiger partial charge on any atom is 0.280 e. The van der Waals surface area contributed by atoms with Gasteiger partial charge in [0.15, 0.2) is 17.4 Å². The molecule has 4 heterocycles. The van der Waals surface area contributed by atoms with Crippen molar-refractivity contribution in [3.63, 3.8) is 0 Å². The first-order valence-electron chi connectivity index (χ1n) is 9.05. The molecule has 2 fully saturated rings. The normalized spacial score (nSPS) is 29.7. The van der Waals surface area contributed by atoms with E-state index in [-0.39, 0.29) is 17.1 Å². The van der Waals surface area contributed by atoms with Crippen LogP contribution in [0.3, 0.4) is 0 Å². The summed E-state index contributed by atoms with van der Waals surface area (Å²) in [7, 11) is 0. The van der Waals surface area contributed by atoms with Crippen LogP contribution in [-0.4, -0.2) is 72.8 Å². The molecule has 0 saturated carbocycles. The summed E-state index contributed by atoms with van der Waals surface area (Å²) in [4.78, 5) is 25.4. The summed E-state index contributed by atoms with van der Waals surface area (Å²) in [5.41, 5.74) is 5.45. The molecule has 11 nitrogen and oxygen atoms in total. The number of anilines is 2. The summed E-state index contributed by atoms with van der Waals surface area (Å²) in [5.74, 6) is 0.930. The van der Waals surface area contributed by atoms with Gasteiger partial charge < -0.3 is 30.7 Å². The van der Waals surface area contributed by atoms with Gasteiger partial charge in [-0.15, -0.1) is 0 Å². The number of nitrogens with two attached hydrogens (primary N) is 1. The van der Waals surface area contributed by atoms with Gasteiger partial charge in [0.25, 0.3) is 5.56 Å². The van der Waals surface area contributed by atoms with E-state index in [0.29, 0.717) is 11.9 Å². The molecule has 0 aliphatic carbocycles. The van der Waals surface area contributed by atoms with E-state index < -0.39 is 36.7 Å². The van der Waals surface area contributed by atoms with Crippen LogP contribution in [0.4, 0.5) is 11.9 Å². The SMILES string of the molecule is CC1CCN(c2nc3c(=O)[nH]c(N)nc3n2[C@@H]2O[C@@H](CO)[C@@H](O)[C@H]2O)CC1. The Labute approximate surface area is 154 Å². The molecule has 11 heteroatoms. The van der Waals surface area contributed by atoms with Crippen LogP contribution < -0.4 is 16.2 Å². The number of piperidine rings is 1. The van der Waals surface area contributed by atoms with Crippen molar-refractivity contribution >= 4 is 23.1 Å². The molecule has 2 aromatic heterocycles. The Kier molecular flexibility index (Phi) is 4.54. The maximum absolute atomic E-state index is 12.3. The van der Waals surface area contributed by atoms with Gasteiger partial charge in [-0.3, -0.25) is 14.3 Å². The molecule has 2 aliphatic heterocycles. The lowest BCUT2D eigenvalue weighted by Gasteiger charge is -2.32. The molecule has 6 N–H and O–H groups in total. The number of nitrogens with one attached hydrogen (secondary N) is 1. The van der Waals surface area contributed by atoms with Crippen molar-refractivity contribution in [3.8, 4) is 0 Å². The molecule has 2 aromatic rings. The third-order valence-electron chi connectivity index (χ3n) is 5.39. The van der Waals surface area contributed by atoms with E-state index in [1.165, 1.54) is 4.57 Å². The van der Waals surface area contributed by atoms with Crippen LogP contribution in [0.5, 0.6) is 0 Å². The third kappa shape index (κ3) is 2.96. The monoisotopic (exact) mass is 380 g/mol. The molecule has 4 atom stereocenters. The zero-order chi connectivity index (χ0) is 19.3. The first kappa shape index (κ1) is 18.2. The van der Waals surface area contributed by atoms with Crippen molar-refractivity contribution in [2.75, 3.05) is 30.3 Å². The Morgan fingerprint density at radius 1 is 1.26 bits per heavy atom. The Morgan fingerprint density at radius 3 is 2.59 bits per heavy atom. The summed E-state index contributed by atoms with van der Waals surface area (Å²) < 4.78 is 7.17. The first-order chi connectivity index (χ1) is 12.9. The van der Waals surface area contributed by atoms with Crippen LogP contribution in [-0.2, 0) is 4.74 Å². The van der Waals surface area contributed by atoms with Crippen LogP contribution in [0.1, 0.15) is 26.0 Å². The molecule has 2 saturated heterocycles. The Balaban J connectivity index is 1.86. The second kappa shape index (κ2) is 6.75. The van der Waals surface area contributed by atoms with Gasteiger partial charge in [0.2, 0.25) is 11.9 Å². The van der Waals surface area contributed by atoms with Crippen LogP contribution in [0, 0.1) is 5.92 Å². The smallest absolute Gasteiger partial charge is 0.280 e. The number of ether oxygens (including phenoxy) is 1. The second-order valence-electron chi connectivity index (χ2n) is 7.30.